The summed E-state index contributed by atoms with van der Waals surface area (Å²) in [7, 11) is 0. The van der Waals surface area contributed by atoms with E-state index in [4.69, 9.17) is 0 Å². The van der Waals surface area contributed by atoms with Gasteiger partial charge < -0.3 is 10.2 Å². The van der Waals surface area contributed by atoms with Gasteiger partial charge in [0.15, 0.2) is 0 Å². The van der Waals surface area contributed by atoms with Crippen molar-refractivity contribution in [2.45, 2.75) is 57.0 Å². The molecule has 2 fully saturated rings. The molecule has 2 amide bonds. The highest BCUT2D eigenvalue weighted by Crippen LogP contribution is 2.37. The number of amides is 2. The first-order valence-electron chi connectivity index (χ1n) is 7.63. The van der Waals surface area contributed by atoms with Crippen molar-refractivity contribution in [1.29, 1.82) is 0 Å². The molecule has 0 radical (unpaired) electrons. The van der Waals surface area contributed by atoms with Crippen LogP contribution < -0.4 is 5.32 Å². The van der Waals surface area contributed by atoms with Gasteiger partial charge in [0.1, 0.15) is 11.1 Å². The fraction of sp³-hybridized carbons (Fsp3) is 0.625. The van der Waals surface area contributed by atoms with Gasteiger partial charge in [0.25, 0.3) is 0 Å². The third-order valence-electron chi connectivity index (χ3n) is 4.86. The summed E-state index contributed by atoms with van der Waals surface area (Å²) in [4.78, 5) is 28.5. The third-order valence-corrected chi connectivity index (χ3v) is 5.79. The number of rotatable bonds is 3. The summed E-state index contributed by atoms with van der Waals surface area (Å²) in [5, 5.41) is 5.07. The first-order chi connectivity index (χ1) is 9.96. The van der Waals surface area contributed by atoms with E-state index in [1.54, 1.807) is 16.2 Å². The number of carbonyl (C=O) groups excluding carboxylic acids is 2. The fourth-order valence-electron chi connectivity index (χ4n) is 3.43. The molecule has 1 N–H and O–H groups in total. The molecular weight excluding hydrogens is 284 g/mol. The standard InChI is InChI=1S/C16H22N2O2S/c1-15(2)13(19)17-16(8-3-4-9-16)14(20)18(15)10-7-12-6-5-11-21-12/h5-6,11H,3-4,7-10H2,1-2H3,(H,17,19). The number of nitrogens with zero attached hydrogens (tertiary/aromatic N) is 1. The summed E-state index contributed by atoms with van der Waals surface area (Å²) in [6.45, 7) is 4.30. The van der Waals surface area contributed by atoms with Gasteiger partial charge in [-0.25, -0.2) is 0 Å². The molecule has 1 aliphatic heterocycles. The van der Waals surface area contributed by atoms with Gasteiger partial charge in [0, 0.05) is 11.4 Å². The molecule has 1 spiro atoms. The summed E-state index contributed by atoms with van der Waals surface area (Å²) in [5.41, 5.74) is -1.38. The Labute approximate surface area is 129 Å². The Hall–Kier alpha value is -1.36. The molecule has 114 valence electrons. The average Bonchev–Trinajstić information content (AvgIpc) is 3.09. The Balaban J connectivity index is 1.83. The van der Waals surface area contributed by atoms with Crippen molar-refractivity contribution in [2.24, 2.45) is 0 Å². The summed E-state index contributed by atoms with van der Waals surface area (Å²) in [5.74, 6) is 0.0938. The lowest BCUT2D eigenvalue weighted by Gasteiger charge is -2.48. The van der Waals surface area contributed by atoms with Crippen molar-refractivity contribution in [3.8, 4) is 0 Å². The van der Waals surface area contributed by atoms with Gasteiger partial charge in [0.2, 0.25) is 11.8 Å². The molecule has 0 aromatic carbocycles. The second-order valence-electron chi connectivity index (χ2n) is 6.59. The molecule has 5 heteroatoms. The summed E-state index contributed by atoms with van der Waals surface area (Å²) >= 11 is 1.70. The molecule has 2 heterocycles. The maximum Gasteiger partial charge on any atom is 0.249 e. The van der Waals surface area contributed by atoms with Gasteiger partial charge in [-0.2, -0.15) is 0 Å². The molecule has 0 unspecified atom stereocenters. The van der Waals surface area contributed by atoms with Crippen molar-refractivity contribution >= 4 is 23.2 Å². The van der Waals surface area contributed by atoms with Crippen LogP contribution in [0.1, 0.15) is 44.4 Å². The molecule has 1 saturated carbocycles. The second kappa shape index (κ2) is 5.13. The van der Waals surface area contributed by atoms with Gasteiger partial charge in [-0.15, -0.1) is 11.3 Å². The van der Waals surface area contributed by atoms with Crippen LogP contribution >= 0.6 is 11.3 Å². The van der Waals surface area contributed by atoms with Crippen LogP contribution in [-0.4, -0.2) is 34.3 Å². The van der Waals surface area contributed by atoms with E-state index < -0.39 is 11.1 Å². The Bertz CT molecular complexity index is 545. The van der Waals surface area contributed by atoms with Crippen molar-refractivity contribution in [1.82, 2.24) is 10.2 Å². The van der Waals surface area contributed by atoms with Gasteiger partial charge in [0.05, 0.1) is 0 Å². The summed E-state index contributed by atoms with van der Waals surface area (Å²) in [6.07, 6.45) is 4.42. The van der Waals surface area contributed by atoms with Crippen LogP contribution in [0.25, 0.3) is 0 Å². The van der Waals surface area contributed by atoms with Crippen LogP contribution in [0.2, 0.25) is 0 Å². The van der Waals surface area contributed by atoms with Gasteiger partial charge in [-0.05, 0) is 44.6 Å². The normalized spacial score (nSPS) is 23.6. The van der Waals surface area contributed by atoms with Gasteiger partial charge in [-0.1, -0.05) is 18.9 Å². The predicted molar refractivity (Wildman–Crippen MR) is 83.2 cm³/mol. The molecule has 1 aromatic rings. The summed E-state index contributed by atoms with van der Waals surface area (Å²) < 4.78 is 0. The van der Waals surface area contributed by atoms with Crippen molar-refractivity contribution in [3.05, 3.63) is 22.4 Å². The zero-order valence-electron chi connectivity index (χ0n) is 12.6. The highest BCUT2D eigenvalue weighted by Gasteiger charge is 2.55. The molecule has 1 aromatic heterocycles. The molecule has 1 saturated heterocycles. The molecular formula is C16H22N2O2S. The Morgan fingerprint density at radius 2 is 2.00 bits per heavy atom. The third kappa shape index (κ3) is 2.37. The molecule has 4 nitrogen and oxygen atoms in total. The Morgan fingerprint density at radius 1 is 1.29 bits per heavy atom. The smallest absolute Gasteiger partial charge is 0.249 e. The minimum absolute atomic E-state index is 0.0184. The number of nitrogens with one attached hydrogen (secondary N) is 1. The van der Waals surface area contributed by atoms with E-state index in [1.807, 2.05) is 25.3 Å². The maximum absolute atomic E-state index is 13.0. The topological polar surface area (TPSA) is 49.4 Å². The molecule has 0 atom stereocenters. The quantitative estimate of drug-likeness (QED) is 0.932. The van der Waals surface area contributed by atoms with Gasteiger partial charge >= 0.3 is 0 Å². The van der Waals surface area contributed by atoms with Crippen LogP contribution in [-0.2, 0) is 16.0 Å². The lowest BCUT2D eigenvalue weighted by molar-refractivity contribution is -0.160. The van der Waals surface area contributed by atoms with E-state index in [0.29, 0.717) is 6.54 Å². The predicted octanol–water partition coefficient (Wildman–Crippen LogP) is 2.34. The van der Waals surface area contributed by atoms with E-state index in [1.165, 1.54) is 4.88 Å². The fourth-order valence-corrected chi connectivity index (χ4v) is 4.13. The molecule has 0 bridgehead atoms. The Morgan fingerprint density at radius 3 is 2.62 bits per heavy atom. The minimum Gasteiger partial charge on any atom is -0.340 e. The largest absolute Gasteiger partial charge is 0.340 e. The highest BCUT2D eigenvalue weighted by molar-refractivity contribution is 7.09. The van der Waals surface area contributed by atoms with Crippen molar-refractivity contribution in [2.75, 3.05) is 6.54 Å². The monoisotopic (exact) mass is 306 g/mol. The van der Waals surface area contributed by atoms with Crippen LogP contribution in [0.15, 0.2) is 17.5 Å². The number of hydrogen-bond donors (Lipinski definition) is 1. The van der Waals surface area contributed by atoms with Crippen molar-refractivity contribution in [3.63, 3.8) is 0 Å². The molecule has 21 heavy (non-hydrogen) atoms. The lowest BCUT2D eigenvalue weighted by atomic mass is 9.86. The number of carbonyl (C=O) groups is 2. The first-order valence-corrected chi connectivity index (χ1v) is 8.51. The SMILES string of the molecule is CC1(C)C(=O)NC2(CCCC2)C(=O)N1CCc1cccs1. The Kier molecular flexibility index (Phi) is 3.56. The molecule has 1 aliphatic carbocycles. The van der Waals surface area contributed by atoms with E-state index in [9.17, 15) is 9.59 Å². The van der Waals surface area contributed by atoms with Gasteiger partial charge in [-0.3, -0.25) is 9.59 Å². The zero-order valence-corrected chi connectivity index (χ0v) is 13.5. The van der Waals surface area contributed by atoms with Crippen LogP contribution in [0.4, 0.5) is 0 Å². The maximum atomic E-state index is 13.0. The number of piperazine rings is 1. The number of hydrogen-bond acceptors (Lipinski definition) is 3. The summed E-state index contributed by atoms with van der Waals surface area (Å²) in [6, 6.07) is 4.10. The number of thiophene rings is 1. The van der Waals surface area contributed by atoms with Crippen LogP contribution in [0.5, 0.6) is 0 Å². The van der Waals surface area contributed by atoms with Crippen LogP contribution in [0.3, 0.4) is 0 Å². The lowest BCUT2D eigenvalue weighted by Crippen LogP contribution is -2.73. The minimum atomic E-state index is -0.762. The second-order valence-corrected chi connectivity index (χ2v) is 7.62. The molecule has 2 aliphatic rings. The van der Waals surface area contributed by atoms with E-state index >= 15 is 0 Å². The van der Waals surface area contributed by atoms with E-state index in [-0.39, 0.29) is 11.8 Å². The van der Waals surface area contributed by atoms with Crippen LogP contribution in [0, 0.1) is 0 Å². The zero-order chi connectivity index (χ0) is 15.1. The molecule has 3 rings (SSSR count). The van der Waals surface area contributed by atoms with E-state index in [2.05, 4.69) is 11.4 Å². The first kappa shape index (κ1) is 14.6. The highest BCUT2D eigenvalue weighted by atomic mass is 32.1. The average molecular weight is 306 g/mol. The van der Waals surface area contributed by atoms with E-state index in [0.717, 1.165) is 32.1 Å². The van der Waals surface area contributed by atoms with Crippen molar-refractivity contribution < 1.29 is 9.59 Å².